The highest BCUT2D eigenvalue weighted by Gasteiger charge is 2.29. The largest absolute Gasteiger partial charge is 0.326 e. The summed E-state index contributed by atoms with van der Waals surface area (Å²) in [4.78, 5) is 24.1. The fourth-order valence-corrected chi connectivity index (χ4v) is 4.87. The average molecular weight is 426 g/mol. The molecule has 0 aromatic heterocycles. The zero-order valence-corrected chi connectivity index (χ0v) is 17.2. The van der Waals surface area contributed by atoms with Gasteiger partial charge in [-0.25, -0.2) is 8.42 Å². The SMILES string of the molecule is O=C(/C=C/c1ccc(N2CCCS2(=O)=O)cc1)Nc1cccc(NC(=O)C2CC2)c1. The summed E-state index contributed by atoms with van der Waals surface area (Å²) in [7, 11) is -3.20. The van der Waals surface area contributed by atoms with Gasteiger partial charge in [-0.3, -0.25) is 13.9 Å². The Hall–Kier alpha value is -3.13. The summed E-state index contributed by atoms with van der Waals surface area (Å²) in [6.45, 7) is 0.500. The Labute approximate surface area is 175 Å². The molecule has 2 aromatic rings. The maximum atomic E-state index is 12.2. The van der Waals surface area contributed by atoms with Gasteiger partial charge >= 0.3 is 0 Å². The van der Waals surface area contributed by atoms with Crippen LogP contribution in [0.4, 0.5) is 17.1 Å². The molecular formula is C22H23N3O4S. The molecule has 0 bridgehead atoms. The number of nitrogens with zero attached hydrogens (tertiary/aromatic N) is 1. The van der Waals surface area contributed by atoms with Crippen LogP contribution in [0, 0.1) is 5.92 Å². The van der Waals surface area contributed by atoms with Gasteiger partial charge in [-0.2, -0.15) is 0 Å². The van der Waals surface area contributed by atoms with E-state index in [9.17, 15) is 18.0 Å². The van der Waals surface area contributed by atoms with E-state index in [0.29, 0.717) is 30.0 Å². The van der Waals surface area contributed by atoms with Crippen LogP contribution < -0.4 is 14.9 Å². The van der Waals surface area contributed by atoms with Crippen LogP contribution in [0.3, 0.4) is 0 Å². The zero-order valence-electron chi connectivity index (χ0n) is 16.4. The van der Waals surface area contributed by atoms with Crippen molar-refractivity contribution in [3.63, 3.8) is 0 Å². The molecule has 2 amide bonds. The van der Waals surface area contributed by atoms with Gasteiger partial charge in [-0.05, 0) is 61.2 Å². The lowest BCUT2D eigenvalue weighted by molar-refractivity contribution is -0.117. The molecule has 30 heavy (non-hydrogen) atoms. The Bertz CT molecular complexity index is 1090. The molecule has 0 spiro atoms. The first kappa shape index (κ1) is 20.2. The highest BCUT2D eigenvalue weighted by atomic mass is 32.2. The van der Waals surface area contributed by atoms with E-state index in [-0.39, 0.29) is 23.5 Å². The van der Waals surface area contributed by atoms with Gasteiger partial charge in [0, 0.05) is 29.9 Å². The molecule has 2 fully saturated rings. The second-order valence-corrected chi connectivity index (χ2v) is 9.51. The highest BCUT2D eigenvalue weighted by molar-refractivity contribution is 7.93. The van der Waals surface area contributed by atoms with Gasteiger partial charge in [0.1, 0.15) is 0 Å². The molecule has 1 heterocycles. The fourth-order valence-electron chi connectivity index (χ4n) is 3.30. The normalized spacial score (nSPS) is 17.8. The molecule has 0 atom stereocenters. The molecule has 1 saturated carbocycles. The summed E-state index contributed by atoms with van der Waals surface area (Å²) in [6.07, 6.45) is 5.58. The number of anilines is 3. The lowest BCUT2D eigenvalue weighted by Gasteiger charge is -2.16. The van der Waals surface area contributed by atoms with Gasteiger partial charge in [0.2, 0.25) is 21.8 Å². The van der Waals surface area contributed by atoms with E-state index in [1.165, 1.54) is 10.4 Å². The minimum Gasteiger partial charge on any atom is -0.326 e. The number of carbonyl (C=O) groups is 2. The minimum atomic E-state index is -3.20. The zero-order chi connectivity index (χ0) is 21.1. The first-order valence-corrected chi connectivity index (χ1v) is 11.5. The summed E-state index contributed by atoms with van der Waals surface area (Å²) < 4.78 is 25.4. The molecule has 4 rings (SSSR count). The van der Waals surface area contributed by atoms with Crippen molar-refractivity contribution >= 4 is 45.0 Å². The molecule has 156 valence electrons. The van der Waals surface area contributed by atoms with Crippen molar-refractivity contribution in [1.29, 1.82) is 0 Å². The summed E-state index contributed by atoms with van der Waals surface area (Å²) in [5.74, 6) is 0.0128. The Kier molecular flexibility index (Phi) is 5.59. The summed E-state index contributed by atoms with van der Waals surface area (Å²) in [5.41, 5.74) is 2.67. The lowest BCUT2D eigenvalue weighted by Crippen LogP contribution is -2.24. The maximum Gasteiger partial charge on any atom is 0.248 e. The first-order chi connectivity index (χ1) is 14.4. The third-order valence-electron chi connectivity index (χ3n) is 5.05. The van der Waals surface area contributed by atoms with Gasteiger partial charge in [0.05, 0.1) is 11.4 Å². The van der Waals surface area contributed by atoms with E-state index >= 15 is 0 Å². The molecule has 0 radical (unpaired) electrons. The van der Waals surface area contributed by atoms with Crippen LogP contribution in [0.25, 0.3) is 6.08 Å². The van der Waals surface area contributed by atoms with Crippen LogP contribution in [-0.4, -0.2) is 32.5 Å². The maximum absolute atomic E-state index is 12.2. The van der Waals surface area contributed by atoms with E-state index < -0.39 is 10.0 Å². The van der Waals surface area contributed by atoms with Crippen molar-refractivity contribution in [2.45, 2.75) is 19.3 Å². The predicted molar refractivity (Wildman–Crippen MR) is 118 cm³/mol. The van der Waals surface area contributed by atoms with Gasteiger partial charge < -0.3 is 10.6 Å². The number of hydrogen-bond donors (Lipinski definition) is 2. The standard InChI is InChI=1S/C22H23N3O4S/c26-21(23-18-3-1-4-19(15-18)24-22(27)17-8-9-17)12-7-16-5-10-20(11-6-16)25-13-2-14-30(25,28)29/h1,3-7,10-12,15,17H,2,8-9,13-14H2,(H,23,26)(H,24,27)/b12-7+. The molecular weight excluding hydrogens is 402 g/mol. The van der Waals surface area contributed by atoms with Crippen LogP contribution in [0.15, 0.2) is 54.6 Å². The quantitative estimate of drug-likeness (QED) is 0.695. The molecule has 2 aliphatic rings. The number of sulfonamides is 1. The van der Waals surface area contributed by atoms with E-state index in [2.05, 4.69) is 10.6 Å². The van der Waals surface area contributed by atoms with Crippen LogP contribution >= 0.6 is 0 Å². The van der Waals surface area contributed by atoms with Crippen LogP contribution in [0.1, 0.15) is 24.8 Å². The van der Waals surface area contributed by atoms with Crippen molar-refractivity contribution in [2.24, 2.45) is 5.92 Å². The lowest BCUT2D eigenvalue weighted by atomic mass is 10.2. The van der Waals surface area contributed by atoms with E-state index in [0.717, 1.165) is 18.4 Å². The molecule has 8 heteroatoms. The number of hydrogen-bond acceptors (Lipinski definition) is 4. The monoisotopic (exact) mass is 425 g/mol. The number of benzene rings is 2. The van der Waals surface area contributed by atoms with Crippen molar-refractivity contribution in [3.8, 4) is 0 Å². The van der Waals surface area contributed by atoms with E-state index in [4.69, 9.17) is 0 Å². The second kappa shape index (κ2) is 8.31. The second-order valence-electron chi connectivity index (χ2n) is 7.50. The molecule has 2 aromatic carbocycles. The smallest absolute Gasteiger partial charge is 0.248 e. The Morgan fingerprint density at radius 3 is 2.33 bits per heavy atom. The van der Waals surface area contributed by atoms with Gasteiger partial charge in [-0.1, -0.05) is 18.2 Å². The van der Waals surface area contributed by atoms with E-state index in [1.807, 2.05) is 0 Å². The van der Waals surface area contributed by atoms with Crippen molar-refractivity contribution in [3.05, 3.63) is 60.2 Å². The summed E-state index contributed by atoms with van der Waals surface area (Å²) >= 11 is 0. The van der Waals surface area contributed by atoms with Crippen molar-refractivity contribution < 1.29 is 18.0 Å². The van der Waals surface area contributed by atoms with Gasteiger partial charge in [-0.15, -0.1) is 0 Å². The van der Waals surface area contributed by atoms with Crippen LogP contribution in [0.2, 0.25) is 0 Å². The van der Waals surface area contributed by atoms with Crippen LogP contribution in [-0.2, 0) is 19.6 Å². The van der Waals surface area contributed by atoms with Crippen molar-refractivity contribution in [2.75, 3.05) is 27.2 Å². The summed E-state index contributed by atoms with van der Waals surface area (Å²) in [6, 6.07) is 14.1. The fraction of sp³-hybridized carbons (Fsp3) is 0.273. The number of nitrogens with one attached hydrogen (secondary N) is 2. The third-order valence-corrected chi connectivity index (χ3v) is 6.92. The topological polar surface area (TPSA) is 95.6 Å². The van der Waals surface area contributed by atoms with Gasteiger partial charge in [0.15, 0.2) is 0 Å². The van der Waals surface area contributed by atoms with Gasteiger partial charge in [0.25, 0.3) is 0 Å². The molecule has 2 N–H and O–H groups in total. The predicted octanol–water partition coefficient (Wildman–Crippen LogP) is 3.23. The Balaban J connectivity index is 1.35. The number of rotatable bonds is 6. The van der Waals surface area contributed by atoms with Crippen molar-refractivity contribution in [1.82, 2.24) is 0 Å². The number of amides is 2. The Morgan fingerprint density at radius 1 is 1.00 bits per heavy atom. The molecule has 1 saturated heterocycles. The molecule has 1 aliphatic heterocycles. The molecule has 0 unspecified atom stereocenters. The molecule has 1 aliphatic carbocycles. The van der Waals surface area contributed by atoms with Crippen LogP contribution in [0.5, 0.6) is 0 Å². The number of carbonyl (C=O) groups excluding carboxylic acids is 2. The third kappa shape index (κ3) is 4.88. The molecule has 7 nitrogen and oxygen atoms in total. The van der Waals surface area contributed by atoms with E-state index in [1.54, 1.807) is 54.6 Å². The first-order valence-electron chi connectivity index (χ1n) is 9.91. The summed E-state index contributed by atoms with van der Waals surface area (Å²) in [5, 5.41) is 5.63. The average Bonchev–Trinajstić information content (AvgIpc) is 3.50. The highest BCUT2D eigenvalue weighted by Crippen LogP contribution is 2.30. The Morgan fingerprint density at radius 2 is 1.70 bits per heavy atom. The minimum absolute atomic E-state index is 0.0172.